The highest BCUT2D eigenvalue weighted by Crippen LogP contribution is 2.39. The van der Waals surface area contributed by atoms with E-state index in [1.54, 1.807) is 32.2 Å². The van der Waals surface area contributed by atoms with Crippen LogP contribution >= 0.6 is 23.2 Å². The Kier molecular flexibility index (Phi) is 6.28. The maximum absolute atomic E-state index is 12.1. The molecule has 1 aliphatic carbocycles. The zero-order valence-electron chi connectivity index (χ0n) is 14.2. The Morgan fingerprint density at radius 2 is 1.92 bits per heavy atom. The first kappa shape index (κ1) is 19.5. The number of amides is 2. The molecule has 134 valence electrons. The fourth-order valence-corrected chi connectivity index (χ4v) is 2.90. The van der Waals surface area contributed by atoms with Crippen LogP contribution < -0.4 is 15.5 Å². The van der Waals surface area contributed by atoms with Gasteiger partial charge in [0.05, 0.1) is 23.2 Å². The van der Waals surface area contributed by atoms with Gasteiger partial charge in [0.1, 0.15) is 5.54 Å². The summed E-state index contributed by atoms with van der Waals surface area (Å²) in [5.41, 5.74) is -0.276. The zero-order valence-corrected chi connectivity index (χ0v) is 15.7. The van der Waals surface area contributed by atoms with Gasteiger partial charge in [0.15, 0.2) is 13.1 Å². The summed E-state index contributed by atoms with van der Waals surface area (Å²) < 4.78 is 0. The van der Waals surface area contributed by atoms with E-state index in [1.165, 1.54) is 0 Å². The minimum absolute atomic E-state index is 0.110. The van der Waals surface area contributed by atoms with Crippen molar-refractivity contribution >= 4 is 40.7 Å². The standard InChI is InChI=1S/C17H20Cl2N4O2/c1-17(10-20,11-3-4-11)22-16(25)9-23(2)8-15(24)21-12-5-6-13(18)14(19)7-12/h5-7,11H,3-4,8-9H2,1-2H3,(H,21,24)(H,22,25)/p+1/t17-/m0/s1. The average molecular weight is 384 g/mol. The third-order valence-electron chi connectivity index (χ3n) is 4.15. The van der Waals surface area contributed by atoms with Crippen molar-refractivity contribution in [3.8, 4) is 6.07 Å². The molecule has 1 fully saturated rings. The van der Waals surface area contributed by atoms with Crippen molar-refractivity contribution < 1.29 is 14.5 Å². The molecule has 0 aromatic heterocycles. The number of quaternary nitrogens is 1. The van der Waals surface area contributed by atoms with E-state index in [-0.39, 0.29) is 30.8 Å². The number of nitriles is 1. The van der Waals surface area contributed by atoms with E-state index in [0.717, 1.165) is 12.8 Å². The SMILES string of the molecule is C[NH+](CC(=O)Nc1ccc(Cl)c(Cl)c1)CC(=O)N[C@@](C)(C#N)C1CC1. The van der Waals surface area contributed by atoms with Gasteiger partial charge in [-0.2, -0.15) is 5.26 Å². The molecule has 2 amide bonds. The molecule has 0 saturated heterocycles. The van der Waals surface area contributed by atoms with Crippen LogP contribution in [0.1, 0.15) is 19.8 Å². The van der Waals surface area contributed by atoms with Crippen LogP contribution in [0.3, 0.4) is 0 Å². The van der Waals surface area contributed by atoms with Crippen LogP contribution in [0.2, 0.25) is 10.0 Å². The molecular weight excluding hydrogens is 363 g/mol. The lowest BCUT2D eigenvalue weighted by atomic mass is 9.98. The molecule has 1 aromatic carbocycles. The monoisotopic (exact) mass is 383 g/mol. The predicted molar refractivity (Wildman–Crippen MR) is 96.6 cm³/mol. The van der Waals surface area contributed by atoms with Crippen molar-refractivity contribution in [1.82, 2.24) is 5.32 Å². The number of hydrogen-bond acceptors (Lipinski definition) is 3. The number of likely N-dealkylation sites (N-methyl/N-ethyl adjacent to an activating group) is 1. The van der Waals surface area contributed by atoms with E-state index in [2.05, 4.69) is 16.7 Å². The van der Waals surface area contributed by atoms with Crippen molar-refractivity contribution in [3.63, 3.8) is 0 Å². The maximum Gasteiger partial charge on any atom is 0.279 e. The predicted octanol–water partition coefficient (Wildman–Crippen LogP) is 1.26. The molecule has 2 rings (SSSR count). The second-order valence-corrected chi connectivity index (χ2v) is 7.44. The first-order valence-electron chi connectivity index (χ1n) is 8.02. The minimum Gasteiger partial charge on any atom is -0.333 e. The van der Waals surface area contributed by atoms with Gasteiger partial charge in [-0.1, -0.05) is 23.2 Å². The van der Waals surface area contributed by atoms with Gasteiger partial charge in [0.25, 0.3) is 11.8 Å². The van der Waals surface area contributed by atoms with E-state index in [1.807, 2.05) is 0 Å². The van der Waals surface area contributed by atoms with Crippen LogP contribution in [-0.2, 0) is 9.59 Å². The van der Waals surface area contributed by atoms with Gasteiger partial charge in [-0.15, -0.1) is 0 Å². The van der Waals surface area contributed by atoms with Crippen molar-refractivity contribution in [3.05, 3.63) is 28.2 Å². The fourth-order valence-electron chi connectivity index (χ4n) is 2.61. The summed E-state index contributed by atoms with van der Waals surface area (Å²) in [6.07, 6.45) is 1.91. The molecule has 25 heavy (non-hydrogen) atoms. The van der Waals surface area contributed by atoms with Gasteiger partial charge in [0.2, 0.25) is 0 Å². The fraction of sp³-hybridized carbons (Fsp3) is 0.471. The Bertz CT molecular complexity index is 715. The van der Waals surface area contributed by atoms with Crippen LogP contribution in [0.5, 0.6) is 0 Å². The molecule has 1 unspecified atom stereocenters. The number of anilines is 1. The molecule has 1 saturated carbocycles. The molecule has 0 heterocycles. The average Bonchev–Trinajstić information content (AvgIpc) is 3.35. The van der Waals surface area contributed by atoms with Gasteiger partial charge >= 0.3 is 0 Å². The second kappa shape index (κ2) is 8.05. The van der Waals surface area contributed by atoms with E-state index < -0.39 is 5.54 Å². The van der Waals surface area contributed by atoms with Crippen LogP contribution in [0.15, 0.2) is 18.2 Å². The molecule has 0 spiro atoms. The summed E-state index contributed by atoms with van der Waals surface area (Å²) in [6, 6.07) is 7.01. The molecule has 2 atom stereocenters. The summed E-state index contributed by atoms with van der Waals surface area (Å²) in [4.78, 5) is 24.9. The normalized spacial score (nSPS) is 17.1. The Hall–Kier alpha value is -1.81. The smallest absolute Gasteiger partial charge is 0.279 e. The van der Waals surface area contributed by atoms with E-state index in [0.29, 0.717) is 20.6 Å². The summed E-state index contributed by atoms with van der Waals surface area (Å²) >= 11 is 11.7. The number of rotatable bonds is 7. The number of nitrogens with zero attached hydrogens (tertiary/aromatic N) is 1. The summed E-state index contributed by atoms with van der Waals surface area (Å²) in [5, 5.41) is 15.5. The minimum atomic E-state index is -0.820. The molecule has 8 heteroatoms. The van der Waals surface area contributed by atoms with Gasteiger partial charge < -0.3 is 15.5 Å². The van der Waals surface area contributed by atoms with Crippen LogP contribution in [0.25, 0.3) is 0 Å². The van der Waals surface area contributed by atoms with Gasteiger partial charge in [0, 0.05) is 5.69 Å². The topological polar surface area (TPSA) is 86.4 Å². The van der Waals surface area contributed by atoms with Crippen LogP contribution in [0.4, 0.5) is 5.69 Å². The Morgan fingerprint density at radius 3 is 2.48 bits per heavy atom. The highest BCUT2D eigenvalue weighted by Gasteiger charge is 2.43. The molecule has 0 aliphatic heterocycles. The number of benzene rings is 1. The van der Waals surface area contributed by atoms with E-state index in [9.17, 15) is 14.9 Å². The molecule has 6 nitrogen and oxygen atoms in total. The molecular formula is C17H21Cl2N4O2+. The van der Waals surface area contributed by atoms with Gasteiger partial charge in [-0.25, -0.2) is 0 Å². The first-order chi connectivity index (χ1) is 11.7. The highest BCUT2D eigenvalue weighted by atomic mass is 35.5. The van der Waals surface area contributed by atoms with Gasteiger partial charge in [-0.3, -0.25) is 9.59 Å². The largest absolute Gasteiger partial charge is 0.333 e. The summed E-state index contributed by atoms with van der Waals surface area (Å²) in [5.74, 6) is -0.260. The van der Waals surface area contributed by atoms with E-state index >= 15 is 0 Å². The quantitative estimate of drug-likeness (QED) is 0.662. The van der Waals surface area contributed by atoms with Crippen LogP contribution in [0, 0.1) is 17.2 Å². The summed E-state index contributed by atoms with van der Waals surface area (Å²) in [7, 11) is 1.74. The second-order valence-electron chi connectivity index (χ2n) is 6.62. The summed E-state index contributed by atoms with van der Waals surface area (Å²) in [6.45, 7) is 1.97. The Labute approximate surface area is 157 Å². The third-order valence-corrected chi connectivity index (χ3v) is 4.89. The van der Waals surface area contributed by atoms with Crippen molar-refractivity contribution in [1.29, 1.82) is 5.26 Å². The lowest BCUT2D eigenvalue weighted by molar-refractivity contribution is -0.862. The first-order valence-corrected chi connectivity index (χ1v) is 8.77. The van der Waals surface area contributed by atoms with Crippen LogP contribution in [-0.4, -0.2) is 37.5 Å². The lowest BCUT2D eigenvalue weighted by Gasteiger charge is -2.23. The van der Waals surface area contributed by atoms with Crippen molar-refractivity contribution in [2.75, 3.05) is 25.5 Å². The molecule has 0 radical (unpaired) electrons. The Morgan fingerprint density at radius 1 is 1.28 bits per heavy atom. The highest BCUT2D eigenvalue weighted by molar-refractivity contribution is 6.42. The number of nitrogens with one attached hydrogen (secondary N) is 3. The zero-order chi connectivity index (χ0) is 18.6. The number of carbonyl (C=O) groups is 2. The lowest BCUT2D eigenvalue weighted by Crippen LogP contribution is -3.11. The third kappa shape index (κ3) is 5.60. The molecule has 1 aliphatic rings. The van der Waals surface area contributed by atoms with Gasteiger partial charge in [-0.05, 0) is 43.9 Å². The van der Waals surface area contributed by atoms with E-state index in [4.69, 9.17) is 23.2 Å². The van der Waals surface area contributed by atoms with Crippen molar-refractivity contribution in [2.24, 2.45) is 5.92 Å². The molecule has 3 N–H and O–H groups in total. The molecule has 0 bridgehead atoms. The molecule has 1 aromatic rings. The number of carbonyl (C=O) groups excluding carboxylic acids is 2. The number of hydrogen-bond donors (Lipinski definition) is 3. The van der Waals surface area contributed by atoms with Crippen molar-refractivity contribution in [2.45, 2.75) is 25.3 Å². The maximum atomic E-state index is 12.1. The number of halogens is 2. The Balaban J connectivity index is 1.81.